The lowest BCUT2D eigenvalue weighted by Crippen LogP contribution is -1.98. The topological polar surface area (TPSA) is 44.8 Å². The third kappa shape index (κ3) is 3.26. The fraction of sp³-hybridized carbons (Fsp3) is 0.105. The van der Waals surface area contributed by atoms with Gasteiger partial charge in [0.2, 0.25) is 0 Å². The summed E-state index contributed by atoms with van der Waals surface area (Å²) in [5, 5.41) is 0. The molecule has 116 valence electrons. The Labute approximate surface area is 134 Å². The van der Waals surface area contributed by atoms with Gasteiger partial charge in [-0.2, -0.15) is 0 Å². The van der Waals surface area contributed by atoms with Crippen molar-refractivity contribution >= 4 is 17.6 Å². The van der Waals surface area contributed by atoms with Crippen molar-refractivity contribution in [3.05, 3.63) is 71.5 Å². The van der Waals surface area contributed by atoms with E-state index in [1.165, 1.54) is 0 Å². The second-order valence-electron chi connectivity index (χ2n) is 5.00. The summed E-state index contributed by atoms with van der Waals surface area (Å²) in [5.74, 6) is 1.70. The minimum Gasteiger partial charge on any atom is -0.497 e. The Morgan fingerprint density at radius 1 is 0.870 bits per heavy atom. The summed E-state index contributed by atoms with van der Waals surface area (Å²) >= 11 is 0. The zero-order chi connectivity index (χ0) is 16.2. The molecule has 2 aromatic rings. The highest BCUT2D eigenvalue weighted by Crippen LogP contribution is 2.28. The second kappa shape index (κ2) is 6.40. The Balaban J connectivity index is 1.85. The molecule has 0 amide bonds. The van der Waals surface area contributed by atoms with Gasteiger partial charge in [-0.3, -0.25) is 0 Å². The van der Waals surface area contributed by atoms with Gasteiger partial charge in [0, 0.05) is 0 Å². The highest BCUT2D eigenvalue weighted by atomic mass is 16.5. The highest BCUT2D eigenvalue weighted by molar-refractivity contribution is 6.19. The van der Waals surface area contributed by atoms with Gasteiger partial charge < -0.3 is 14.2 Å². The fourth-order valence-electron chi connectivity index (χ4n) is 2.30. The largest absolute Gasteiger partial charge is 0.497 e. The third-order valence-electron chi connectivity index (χ3n) is 3.54. The predicted octanol–water partition coefficient (Wildman–Crippen LogP) is 3.69. The number of allylic oxidation sites excluding steroid dienone is 1. The average molecular weight is 308 g/mol. The van der Waals surface area contributed by atoms with Crippen molar-refractivity contribution in [3.8, 4) is 11.5 Å². The molecule has 1 aliphatic rings. The molecular weight excluding hydrogens is 292 g/mol. The molecular formula is C19H16O4. The Bertz CT molecular complexity index is 768. The molecule has 1 aliphatic heterocycles. The maximum absolute atomic E-state index is 12.0. The molecule has 0 atom stereocenters. The molecule has 0 spiro atoms. The van der Waals surface area contributed by atoms with Crippen LogP contribution in [0.2, 0.25) is 0 Å². The zero-order valence-electron chi connectivity index (χ0n) is 12.9. The van der Waals surface area contributed by atoms with Crippen LogP contribution in [0.15, 0.2) is 60.4 Å². The molecule has 0 fully saturated rings. The van der Waals surface area contributed by atoms with Gasteiger partial charge in [0.15, 0.2) is 0 Å². The Morgan fingerprint density at radius 2 is 1.43 bits per heavy atom. The van der Waals surface area contributed by atoms with Gasteiger partial charge in [0.05, 0.1) is 19.8 Å². The monoisotopic (exact) mass is 308 g/mol. The summed E-state index contributed by atoms with van der Waals surface area (Å²) in [6, 6.07) is 14.8. The maximum Gasteiger partial charge on any atom is 0.344 e. The molecule has 0 saturated heterocycles. The molecule has 0 N–H and O–H groups in total. The average Bonchev–Trinajstić information content (AvgIpc) is 2.96. The summed E-state index contributed by atoms with van der Waals surface area (Å²) < 4.78 is 15.6. The number of ether oxygens (including phenoxy) is 3. The van der Waals surface area contributed by atoms with Crippen LogP contribution in [0, 0.1) is 0 Å². The number of methoxy groups -OCH3 is 2. The summed E-state index contributed by atoms with van der Waals surface area (Å²) in [7, 11) is 3.23. The molecule has 4 nitrogen and oxygen atoms in total. The normalized spacial score (nSPS) is 15.3. The van der Waals surface area contributed by atoms with Crippen molar-refractivity contribution in [2.45, 2.75) is 0 Å². The van der Waals surface area contributed by atoms with E-state index in [0.717, 1.165) is 22.6 Å². The van der Waals surface area contributed by atoms with Crippen molar-refractivity contribution in [1.29, 1.82) is 0 Å². The minimum atomic E-state index is -0.352. The molecule has 2 aromatic carbocycles. The molecule has 0 bridgehead atoms. The number of rotatable bonds is 4. The van der Waals surface area contributed by atoms with Crippen molar-refractivity contribution < 1.29 is 19.0 Å². The fourth-order valence-corrected chi connectivity index (χ4v) is 2.30. The van der Waals surface area contributed by atoms with E-state index < -0.39 is 0 Å². The third-order valence-corrected chi connectivity index (χ3v) is 3.54. The van der Waals surface area contributed by atoms with Crippen molar-refractivity contribution in [2.24, 2.45) is 0 Å². The molecule has 4 heteroatoms. The van der Waals surface area contributed by atoms with Crippen LogP contribution >= 0.6 is 0 Å². The number of hydrogen-bond donors (Lipinski definition) is 0. The Morgan fingerprint density at radius 3 is 2.00 bits per heavy atom. The molecule has 0 saturated carbocycles. The molecule has 3 rings (SSSR count). The standard InChI is InChI=1S/C19H16O4/c1-21-15-7-3-13(4-8-15)11-17-12-18(19(20)23-17)14-5-9-16(22-2)10-6-14/h3-12H,1-2H3/b17-11-. The Kier molecular flexibility index (Phi) is 4.15. The van der Waals surface area contributed by atoms with Crippen molar-refractivity contribution in [1.82, 2.24) is 0 Å². The van der Waals surface area contributed by atoms with Gasteiger partial charge in [-0.15, -0.1) is 0 Å². The first kappa shape index (κ1) is 14.9. The number of carbonyl (C=O) groups excluding carboxylic acids is 1. The van der Waals surface area contributed by atoms with E-state index in [2.05, 4.69) is 0 Å². The van der Waals surface area contributed by atoms with Crippen LogP contribution in [-0.4, -0.2) is 20.2 Å². The van der Waals surface area contributed by atoms with Crippen LogP contribution in [0.5, 0.6) is 11.5 Å². The molecule has 23 heavy (non-hydrogen) atoms. The van der Waals surface area contributed by atoms with E-state index in [9.17, 15) is 4.79 Å². The van der Waals surface area contributed by atoms with E-state index in [-0.39, 0.29) is 5.97 Å². The lowest BCUT2D eigenvalue weighted by atomic mass is 10.1. The van der Waals surface area contributed by atoms with Crippen LogP contribution in [0.25, 0.3) is 11.6 Å². The van der Waals surface area contributed by atoms with E-state index in [0.29, 0.717) is 11.3 Å². The predicted molar refractivity (Wildman–Crippen MR) is 88.0 cm³/mol. The van der Waals surface area contributed by atoms with Crippen LogP contribution < -0.4 is 9.47 Å². The number of cyclic esters (lactones) is 1. The summed E-state index contributed by atoms with van der Waals surface area (Å²) in [6.45, 7) is 0. The lowest BCUT2D eigenvalue weighted by molar-refractivity contribution is -0.131. The highest BCUT2D eigenvalue weighted by Gasteiger charge is 2.22. The van der Waals surface area contributed by atoms with Gasteiger partial charge in [-0.05, 0) is 47.5 Å². The SMILES string of the molecule is COc1ccc(/C=C2/C=C(c3ccc(OC)cc3)C(=O)O2)cc1. The smallest absolute Gasteiger partial charge is 0.344 e. The molecule has 1 heterocycles. The first-order valence-electron chi connectivity index (χ1n) is 7.13. The van der Waals surface area contributed by atoms with Gasteiger partial charge in [-0.25, -0.2) is 4.79 Å². The van der Waals surface area contributed by atoms with E-state index in [4.69, 9.17) is 14.2 Å². The molecule has 0 aliphatic carbocycles. The molecule has 0 unspecified atom stereocenters. The molecule has 0 aromatic heterocycles. The van der Waals surface area contributed by atoms with Crippen LogP contribution in [-0.2, 0) is 9.53 Å². The lowest BCUT2D eigenvalue weighted by Gasteiger charge is -2.02. The van der Waals surface area contributed by atoms with Crippen molar-refractivity contribution in [3.63, 3.8) is 0 Å². The van der Waals surface area contributed by atoms with E-state index >= 15 is 0 Å². The first-order valence-corrected chi connectivity index (χ1v) is 7.13. The second-order valence-corrected chi connectivity index (χ2v) is 5.00. The Hall–Kier alpha value is -3.01. The van der Waals surface area contributed by atoms with Crippen molar-refractivity contribution in [2.75, 3.05) is 14.2 Å². The number of hydrogen-bond acceptors (Lipinski definition) is 4. The number of benzene rings is 2. The zero-order valence-corrected chi connectivity index (χ0v) is 12.9. The van der Waals surface area contributed by atoms with Gasteiger partial charge in [0.1, 0.15) is 17.3 Å². The van der Waals surface area contributed by atoms with Crippen LogP contribution in [0.3, 0.4) is 0 Å². The quantitative estimate of drug-likeness (QED) is 0.808. The summed E-state index contributed by atoms with van der Waals surface area (Å²) in [5.41, 5.74) is 2.27. The minimum absolute atomic E-state index is 0.352. The van der Waals surface area contributed by atoms with Gasteiger partial charge in [0.25, 0.3) is 0 Å². The summed E-state index contributed by atoms with van der Waals surface area (Å²) in [4.78, 5) is 12.0. The van der Waals surface area contributed by atoms with Gasteiger partial charge in [-0.1, -0.05) is 24.3 Å². The number of carbonyl (C=O) groups is 1. The summed E-state index contributed by atoms with van der Waals surface area (Å²) in [6.07, 6.45) is 3.56. The van der Waals surface area contributed by atoms with Crippen LogP contribution in [0.1, 0.15) is 11.1 Å². The number of esters is 1. The van der Waals surface area contributed by atoms with Gasteiger partial charge >= 0.3 is 5.97 Å². The van der Waals surface area contributed by atoms with Crippen LogP contribution in [0.4, 0.5) is 0 Å². The maximum atomic E-state index is 12.0. The molecule has 0 radical (unpaired) electrons. The van der Waals surface area contributed by atoms with E-state index in [1.807, 2.05) is 54.6 Å². The first-order chi connectivity index (χ1) is 11.2. The van der Waals surface area contributed by atoms with E-state index in [1.54, 1.807) is 20.3 Å².